The molecule has 112 valence electrons. The molecule has 0 radical (unpaired) electrons. The molecule has 0 saturated heterocycles. The Labute approximate surface area is 127 Å². The van der Waals surface area contributed by atoms with Crippen LogP contribution in [0.2, 0.25) is 0 Å². The van der Waals surface area contributed by atoms with Gasteiger partial charge in [-0.2, -0.15) is 0 Å². The predicted octanol–water partition coefficient (Wildman–Crippen LogP) is 4.79. The summed E-state index contributed by atoms with van der Waals surface area (Å²) in [6.45, 7) is 4.28. The van der Waals surface area contributed by atoms with Gasteiger partial charge in [-0.15, -0.1) is 0 Å². The number of aliphatic hydroxyl groups is 1. The highest BCUT2D eigenvalue weighted by Crippen LogP contribution is 2.38. The van der Waals surface area contributed by atoms with E-state index < -0.39 is 0 Å². The lowest BCUT2D eigenvalue weighted by Gasteiger charge is -2.32. The SMILES string of the molecule is CCC1CCCC(C(O)c2ccc3nc(C)ccc3c2)C1. The molecule has 1 aliphatic carbocycles. The van der Waals surface area contributed by atoms with Gasteiger partial charge in [0, 0.05) is 11.1 Å². The summed E-state index contributed by atoms with van der Waals surface area (Å²) in [5.41, 5.74) is 3.10. The average molecular weight is 283 g/mol. The summed E-state index contributed by atoms with van der Waals surface area (Å²) < 4.78 is 0. The van der Waals surface area contributed by atoms with E-state index in [0.717, 1.165) is 34.5 Å². The Balaban J connectivity index is 1.83. The quantitative estimate of drug-likeness (QED) is 0.878. The van der Waals surface area contributed by atoms with Gasteiger partial charge in [0.1, 0.15) is 0 Å². The number of nitrogens with zero attached hydrogens (tertiary/aromatic N) is 1. The summed E-state index contributed by atoms with van der Waals surface area (Å²) in [4.78, 5) is 4.53. The van der Waals surface area contributed by atoms with Gasteiger partial charge in [0.2, 0.25) is 0 Å². The molecule has 1 aromatic heterocycles. The molecule has 1 N–H and O–H groups in total. The number of aryl methyl sites for hydroxylation is 1. The fraction of sp³-hybridized carbons (Fsp3) is 0.526. The van der Waals surface area contributed by atoms with Crippen molar-refractivity contribution < 1.29 is 5.11 Å². The summed E-state index contributed by atoms with van der Waals surface area (Å²) >= 11 is 0. The van der Waals surface area contributed by atoms with Gasteiger partial charge in [-0.25, -0.2) is 0 Å². The normalized spacial score (nSPS) is 24.1. The van der Waals surface area contributed by atoms with Crippen molar-refractivity contribution in [3.63, 3.8) is 0 Å². The third-order valence-corrected chi connectivity index (χ3v) is 5.04. The van der Waals surface area contributed by atoms with Crippen LogP contribution < -0.4 is 0 Å². The monoisotopic (exact) mass is 283 g/mol. The molecule has 1 heterocycles. The van der Waals surface area contributed by atoms with Gasteiger partial charge in [-0.3, -0.25) is 4.98 Å². The summed E-state index contributed by atoms with van der Waals surface area (Å²) in [5, 5.41) is 11.9. The molecule has 3 rings (SSSR count). The van der Waals surface area contributed by atoms with Crippen LogP contribution in [0.3, 0.4) is 0 Å². The zero-order valence-electron chi connectivity index (χ0n) is 13.0. The maximum absolute atomic E-state index is 10.8. The van der Waals surface area contributed by atoms with E-state index in [9.17, 15) is 5.11 Å². The van der Waals surface area contributed by atoms with Gasteiger partial charge in [-0.1, -0.05) is 38.3 Å². The lowest BCUT2D eigenvalue weighted by atomic mass is 9.76. The zero-order valence-corrected chi connectivity index (χ0v) is 13.0. The van der Waals surface area contributed by atoms with Crippen molar-refractivity contribution in [1.82, 2.24) is 4.98 Å². The van der Waals surface area contributed by atoms with Crippen LogP contribution in [0.4, 0.5) is 0 Å². The summed E-state index contributed by atoms with van der Waals surface area (Å²) in [6, 6.07) is 10.3. The second kappa shape index (κ2) is 6.15. The molecule has 0 aliphatic heterocycles. The highest BCUT2D eigenvalue weighted by Gasteiger charge is 2.27. The van der Waals surface area contributed by atoms with Gasteiger partial charge in [0.25, 0.3) is 0 Å². The maximum atomic E-state index is 10.8. The molecule has 2 nitrogen and oxygen atoms in total. The second-order valence-electron chi connectivity index (χ2n) is 6.55. The number of pyridine rings is 1. The minimum absolute atomic E-state index is 0.329. The van der Waals surface area contributed by atoms with Crippen LogP contribution >= 0.6 is 0 Å². The number of aliphatic hydroxyl groups excluding tert-OH is 1. The van der Waals surface area contributed by atoms with Gasteiger partial charge in [0.15, 0.2) is 0 Å². The Hall–Kier alpha value is -1.41. The van der Waals surface area contributed by atoms with Crippen LogP contribution in [-0.4, -0.2) is 10.1 Å². The fourth-order valence-corrected chi connectivity index (χ4v) is 3.69. The van der Waals surface area contributed by atoms with Gasteiger partial charge >= 0.3 is 0 Å². The summed E-state index contributed by atoms with van der Waals surface area (Å²) in [7, 11) is 0. The molecule has 0 amide bonds. The number of aromatic nitrogens is 1. The number of fused-ring (bicyclic) bond motifs is 1. The third kappa shape index (κ3) is 3.11. The number of hydrogen-bond acceptors (Lipinski definition) is 2. The maximum Gasteiger partial charge on any atom is 0.0818 e. The minimum Gasteiger partial charge on any atom is -0.388 e. The van der Waals surface area contributed by atoms with E-state index in [4.69, 9.17) is 0 Å². The van der Waals surface area contributed by atoms with Crippen molar-refractivity contribution in [1.29, 1.82) is 0 Å². The van der Waals surface area contributed by atoms with Crippen LogP contribution in [0, 0.1) is 18.8 Å². The predicted molar refractivity (Wildman–Crippen MR) is 87.2 cm³/mol. The molecule has 0 bridgehead atoms. The van der Waals surface area contributed by atoms with E-state index in [2.05, 4.69) is 30.1 Å². The highest BCUT2D eigenvalue weighted by molar-refractivity contribution is 5.79. The summed E-state index contributed by atoms with van der Waals surface area (Å²) in [6.07, 6.45) is 5.83. The first-order valence-electron chi connectivity index (χ1n) is 8.22. The van der Waals surface area contributed by atoms with Crippen LogP contribution in [-0.2, 0) is 0 Å². The van der Waals surface area contributed by atoms with Gasteiger partial charge < -0.3 is 5.11 Å². The molecule has 1 aromatic carbocycles. The molecule has 2 aromatic rings. The van der Waals surface area contributed by atoms with Gasteiger partial charge in [-0.05, 0) is 55.4 Å². The first kappa shape index (κ1) is 14.5. The summed E-state index contributed by atoms with van der Waals surface area (Å²) in [5.74, 6) is 1.21. The molecule has 1 saturated carbocycles. The second-order valence-corrected chi connectivity index (χ2v) is 6.55. The third-order valence-electron chi connectivity index (χ3n) is 5.04. The number of hydrogen-bond donors (Lipinski definition) is 1. The van der Waals surface area contributed by atoms with Crippen molar-refractivity contribution >= 4 is 10.9 Å². The zero-order chi connectivity index (χ0) is 14.8. The van der Waals surface area contributed by atoms with E-state index >= 15 is 0 Å². The van der Waals surface area contributed by atoms with Crippen LogP contribution in [0.5, 0.6) is 0 Å². The lowest BCUT2D eigenvalue weighted by molar-refractivity contribution is 0.0679. The highest BCUT2D eigenvalue weighted by atomic mass is 16.3. The molecule has 3 unspecified atom stereocenters. The topological polar surface area (TPSA) is 33.1 Å². The molecule has 1 aliphatic rings. The Bertz CT molecular complexity index is 622. The number of rotatable bonds is 3. The first-order valence-corrected chi connectivity index (χ1v) is 8.22. The average Bonchev–Trinajstić information content (AvgIpc) is 2.53. The van der Waals surface area contributed by atoms with Crippen molar-refractivity contribution in [2.24, 2.45) is 11.8 Å². The fourth-order valence-electron chi connectivity index (χ4n) is 3.69. The van der Waals surface area contributed by atoms with E-state index in [0.29, 0.717) is 5.92 Å². The van der Waals surface area contributed by atoms with Crippen molar-refractivity contribution in [3.8, 4) is 0 Å². The smallest absolute Gasteiger partial charge is 0.0818 e. The molecular formula is C19H25NO. The molecule has 21 heavy (non-hydrogen) atoms. The molecular weight excluding hydrogens is 258 g/mol. The Morgan fingerprint density at radius 3 is 2.90 bits per heavy atom. The molecule has 0 spiro atoms. The Morgan fingerprint density at radius 2 is 2.10 bits per heavy atom. The van der Waals surface area contributed by atoms with E-state index in [-0.39, 0.29) is 6.10 Å². The largest absolute Gasteiger partial charge is 0.388 e. The van der Waals surface area contributed by atoms with Gasteiger partial charge in [0.05, 0.1) is 11.6 Å². The van der Waals surface area contributed by atoms with E-state index in [1.165, 1.54) is 25.7 Å². The van der Waals surface area contributed by atoms with Crippen LogP contribution in [0.1, 0.15) is 56.4 Å². The number of benzene rings is 1. The Kier molecular flexibility index (Phi) is 4.25. The minimum atomic E-state index is -0.329. The Morgan fingerprint density at radius 1 is 1.24 bits per heavy atom. The van der Waals surface area contributed by atoms with Crippen molar-refractivity contribution in [2.75, 3.05) is 0 Å². The van der Waals surface area contributed by atoms with E-state index in [1.807, 2.05) is 19.1 Å². The molecule has 3 atom stereocenters. The first-order chi connectivity index (χ1) is 10.2. The lowest BCUT2D eigenvalue weighted by Crippen LogP contribution is -2.21. The standard InChI is InChI=1S/C19H25NO/c1-3-14-5-4-6-16(11-14)19(21)17-9-10-18-15(12-17)8-7-13(2)20-18/h7-10,12,14,16,19,21H,3-6,11H2,1-2H3. The van der Waals surface area contributed by atoms with Crippen molar-refractivity contribution in [2.45, 2.75) is 52.1 Å². The van der Waals surface area contributed by atoms with Crippen molar-refractivity contribution in [3.05, 3.63) is 41.6 Å². The molecule has 1 fully saturated rings. The van der Waals surface area contributed by atoms with Crippen LogP contribution in [0.15, 0.2) is 30.3 Å². The van der Waals surface area contributed by atoms with E-state index in [1.54, 1.807) is 0 Å². The van der Waals surface area contributed by atoms with Crippen LogP contribution in [0.25, 0.3) is 10.9 Å². The molecule has 2 heteroatoms.